The maximum Gasteiger partial charge on any atom is 0.408 e. The molecule has 0 saturated carbocycles. The molecule has 3 aromatic rings. The molecule has 0 radical (unpaired) electrons. The van der Waals surface area contributed by atoms with Crippen LogP contribution in [-0.2, 0) is 32.0 Å². The fourth-order valence-corrected chi connectivity index (χ4v) is 4.10. The number of ether oxygens (including phenoxy) is 1. The molecule has 0 spiro atoms. The zero-order valence-corrected chi connectivity index (χ0v) is 22.6. The molecule has 6 N–H and O–H groups in total. The molecule has 1 unspecified atom stereocenters. The molecular weight excluding hydrogens is 498 g/mol. The summed E-state index contributed by atoms with van der Waals surface area (Å²) in [5.41, 5.74) is 7.43. The smallest absolute Gasteiger partial charge is 0.408 e. The molecule has 0 aliphatic carbocycles. The number of hydrogen-bond donors (Lipinski definition) is 5. The molecule has 1 aromatic heterocycles. The summed E-state index contributed by atoms with van der Waals surface area (Å²) in [4.78, 5) is 53.0. The van der Waals surface area contributed by atoms with Gasteiger partial charge < -0.3 is 31.4 Å². The summed E-state index contributed by atoms with van der Waals surface area (Å²) in [6.45, 7) is 5.44. The minimum Gasteiger partial charge on any atom is -0.444 e. The van der Waals surface area contributed by atoms with E-state index in [-0.39, 0.29) is 25.3 Å². The van der Waals surface area contributed by atoms with Crippen LogP contribution in [0.2, 0.25) is 0 Å². The van der Waals surface area contributed by atoms with Crippen LogP contribution in [0.4, 0.5) is 4.79 Å². The lowest BCUT2D eigenvalue weighted by Crippen LogP contribution is -2.49. The van der Waals surface area contributed by atoms with Gasteiger partial charge in [-0.1, -0.05) is 48.5 Å². The summed E-state index contributed by atoms with van der Waals surface area (Å²) in [6.07, 6.45) is 2.08. The summed E-state index contributed by atoms with van der Waals surface area (Å²) in [6, 6.07) is 15.3. The molecule has 0 saturated heterocycles. The first-order valence-electron chi connectivity index (χ1n) is 13.0. The number of primary amides is 1. The molecule has 0 aliphatic rings. The summed E-state index contributed by atoms with van der Waals surface area (Å²) in [5, 5.41) is 9.08. The van der Waals surface area contributed by atoms with Gasteiger partial charge >= 0.3 is 6.09 Å². The molecule has 1 heterocycles. The van der Waals surface area contributed by atoms with Crippen LogP contribution in [0, 0.1) is 0 Å². The van der Waals surface area contributed by atoms with Gasteiger partial charge in [-0.25, -0.2) is 4.79 Å². The van der Waals surface area contributed by atoms with Crippen molar-refractivity contribution in [2.24, 2.45) is 5.73 Å². The van der Waals surface area contributed by atoms with Crippen molar-refractivity contribution in [2.75, 3.05) is 6.54 Å². The molecule has 208 valence electrons. The van der Waals surface area contributed by atoms with E-state index < -0.39 is 35.6 Å². The predicted molar refractivity (Wildman–Crippen MR) is 149 cm³/mol. The van der Waals surface area contributed by atoms with Crippen molar-refractivity contribution in [2.45, 2.75) is 64.1 Å². The molecule has 2 aromatic carbocycles. The number of benzene rings is 2. The third-order valence-corrected chi connectivity index (χ3v) is 5.95. The van der Waals surface area contributed by atoms with Crippen molar-refractivity contribution >= 4 is 34.7 Å². The molecule has 0 aliphatic heterocycles. The lowest BCUT2D eigenvalue weighted by molar-refractivity contribution is -0.127. The number of carbonyl (C=O) groups excluding carboxylic acids is 4. The number of carbonyl (C=O) groups is 4. The van der Waals surface area contributed by atoms with Crippen molar-refractivity contribution in [3.8, 4) is 0 Å². The first-order valence-corrected chi connectivity index (χ1v) is 13.0. The summed E-state index contributed by atoms with van der Waals surface area (Å²) in [5.74, 6) is -1.36. The maximum absolute atomic E-state index is 13.1. The number of hydrogen-bond acceptors (Lipinski definition) is 5. The van der Waals surface area contributed by atoms with E-state index in [1.807, 2.05) is 60.8 Å². The SMILES string of the molecule is CC(C)(C)OC(=O)N[C@@H](Cc1c[nH]c2ccccc12)C(=O)NCCCC(=O)NC(Cc1ccccc1)C(N)=O. The third kappa shape index (κ3) is 9.48. The highest BCUT2D eigenvalue weighted by Gasteiger charge is 2.26. The summed E-state index contributed by atoms with van der Waals surface area (Å²) < 4.78 is 5.35. The van der Waals surface area contributed by atoms with E-state index in [1.54, 1.807) is 20.8 Å². The van der Waals surface area contributed by atoms with Crippen LogP contribution in [0.5, 0.6) is 0 Å². The zero-order chi connectivity index (χ0) is 28.4. The van der Waals surface area contributed by atoms with E-state index >= 15 is 0 Å². The first kappa shape index (κ1) is 29.2. The fraction of sp³-hybridized carbons (Fsp3) is 0.379. The molecule has 0 fully saturated rings. The number of amides is 4. The third-order valence-electron chi connectivity index (χ3n) is 5.95. The van der Waals surface area contributed by atoms with Gasteiger partial charge in [0.05, 0.1) is 0 Å². The normalized spacial score (nSPS) is 12.8. The Labute approximate surface area is 228 Å². The molecule has 10 nitrogen and oxygen atoms in total. The van der Waals surface area contributed by atoms with Crippen LogP contribution in [0.3, 0.4) is 0 Å². The average Bonchev–Trinajstić information content (AvgIpc) is 3.28. The van der Waals surface area contributed by atoms with Gasteiger partial charge in [-0.15, -0.1) is 0 Å². The summed E-state index contributed by atoms with van der Waals surface area (Å²) >= 11 is 0. The number of para-hydroxylation sites is 1. The number of alkyl carbamates (subject to hydrolysis) is 1. The van der Waals surface area contributed by atoms with Crippen molar-refractivity contribution in [1.29, 1.82) is 0 Å². The van der Waals surface area contributed by atoms with E-state index in [9.17, 15) is 19.2 Å². The predicted octanol–water partition coefficient (Wildman–Crippen LogP) is 2.71. The topological polar surface area (TPSA) is 155 Å². The highest BCUT2D eigenvalue weighted by Crippen LogP contribution is 2.19. The van der Waals surface area contributed by atoms with E-state index in [1.165, 1.54) is 0 Å². The van der Waals surface area contributed by atoms with Gasteiger partial charge in [0.2, 0.25) is 17.7 Å². The Morgan fingerprint density at radius 3 is 2.31 bits per heavy atom. The van der Waals surface area contributed by atoms with Crippen molar-refractivity contribution in [1.82, 2.24) is 20.9 Å². The largest absolute Gasteiger partial charge is 0.444 e. The van der Waals surface area contributed by atoms with Crippen LogP contribution in [0.15, 0.2) is 60.8 Å². The van der Waals surface area contributed by atoms with Gasteiger partial charge in [0.25, 0.3) is 0 Å². The van der Waals surface area contributed by atoms with Crippen LogP contribution >= 0.6 is 0 Å². The molecular formula is C29H37N5O5. The second-order valence-corrected chi connectivity index (χ2v) is 10.4. The second-order valence-electron chi connectivity index (χ2n) is 10.4. The van der Waals surface area contributed by atoms with Gasteiger partial charge in [-0.05, 0) is 44.4 Å². The molecule has 3 rings (SSSR count). The van der Waals surface area contributed by atoms with Crippen LogP contribution in [0.25, 0.3) is 10.9 Å². The lowest BCUT2D eigenvalue weighted by atomic mass is 10.0. The fourth-order valence-electron chi connectivity index (χ4n) is 4.10. The monoisotopic (exact) mass is 535 g/mol. The van der Waals surface area contributed by atoms with E-state index in [0.717, 1.165) is 22.0 Å². The van der Waals surface area contributed by atoms with Crippen molar-refractivity contribution in [3.05, 3.63) is 71.9 Å². The highest BCUT2D eigenvalue weighted by atomic mass is 16.6. The van der Waals surface area contributed by atoms with E-state index in [0.29, 0.717) is 12.8 Å². The Hall–Kier alpha value is -4.34. The maximum atomic E-state index is 13.1. The Kier molecular flexibility index (Phi) is 10.1. The van der Waals surface area contributed by atoms with Crippen molar-refractivity contribution in [3.63, 3.8) is 0 Å². The van der Waals surface area contributed by atoms with Crippen molar-refractivity contribution < 1.29 is 23.9 Å². The molecule has 0 bridgehead atoms. The first-order chi connectivity index (χ1) is 18.5. The van der Waals surface area contributed by atoms with Crippen LogP contribution in [0.1, 0.15) is 44.7 Å². The Morgan fingerprint density at radius 2 is 1.62 bits per heavy atom. The van der Waals surface area contributed by atoms with E-state index in [2.05, 4.69) is 20.9 Å². The minimum absolute atomic E-state index is 0.0887. The molecule has 10 heteroatoms. The van der Waals surface area contributed by atoms with Crippen LogP contribution < -0.4 is 21.7 Å². The zero-order valence-electron chi connectivity index (χ0n) is 22.6. The lowest BCUT2D eigenvalue weighted by Gasteiger charge is -2.23. The van der Waals surface area contributed by atoms with E-state index in [4.69, 9.17) is 10.5 Å². The number of fused-ring (bicyclic) bond motifs is 1. The highest BCUT2D eigenvalue weighted by molar-refractivity contribution is 5.89. The number of aromatic amines is 1. The second kappa shape index (κ2) is 13.5. The van der Waals surface area contributed by atoms with Crippen LogP contribution in [-0.4, -0.2) is 53.0 Å². The molecule has 2 atom stereocenters. The quantitative estimate of drug-likeness (QED) is 0.226. The Balaban J connectivity index is 1.54. The van der Waals surface area contributed by atoms with Gasteiger partial charge in [-0.2, -0.15) is 0 Å². The average molecular weight is 536 g/mol. The number of H-pyrrole nitrogens is 1. The van der Waals surface area contributed by atoms with Gasteiger partial charge in [-0.3, -0.25) is 14.4 Å². The number of nitrogens with two attached hydrogens (primary N) is 1. The minimum atomic E-state index is -0.891. The van der Waals surface area contributed by atoms with Gasteiger partial charge in [0.15, 0.2) is 0 Å². The van der Waals surface area contributed by atoms with Gasteiger partial charge in [0, 0.05) is 42.9 Å². The number of nitrogens with one attached hydrogen (secondary N) is 4. The Bertz CT molecular complexity index is 1280. The number of rotatable bonds is 12. The summed E-state index contributed by atoms with van der Waals surface area (Å²) in [7, 11) is 0. The Morgan fingerprint density at radius 1 is 0.923 bits per heavy atom. The van der Waals surface area contributed by atoms with Gasteiger partial charge in [0.1, 0.15) is 17.7 Å². The standard InChI is InChI=1S/C29H37N5O5/c1-29(2,3)39-28(38)34-24(17-20-18-32-22-13-8-7-12-21(20)22)27(37)31-15-9-14-25(35)33-23(26(30)36)16-19-10-5-4-6-11-19/h4-8,10-13,18,23-24,32H,9,14-17H2,1-3H3,(H2,30,36)(H,31,37)(H,33,35)(H,34,38)/t23?,24-/m0/s1. The molecule has 4 amide bonds. The number of aromatic nitrogens is 1. The molecule has 39 heavy (non-hydrogen) atoms.